The molecule has 5 rings (SSSR count). The highest BCUT2D eigenvalue weighted by Crippen LogP contribution is 2.32. The fraction of sp³-hybridized carbons (Fsp3) is 0.238. The van der Waals surface area contributed by atoms with Gasteiger partial charge in [-0.25, -0.2) is 4.39 Å². The van der Waals surface area contributed by atoms with Crippen LogP contribution in [0.25, 0.3) is 0 Å². The lowest BCUT2D eigenvalue weighted by atomic mass is 10.2. The summed E-state index contributed by atoms with van der Waals surface area (Å²) >= 11 is 0. The third-order valence-corrected chi connectivity index (χ3v) is 5.08. The third kappa shape index (κ3) is 2.98. The van der Waals surface area contributed by atoms with Crippen molar-refractivity contribution in [2.75, 3.05) is 6.61 Å². The Morgan fingerprint density at radius 2 is 1.89 bits per heavy atom. The second-order valence-electron chi connectivity index (χ2n) is 6.96. The molecule has 3 heterocycles. The van der Waals surface area contributed by atoms with Crippen LogP contribution in [0.4, 0.5) is 4.39 Å². The van der Waals surface area contributed by atoms with E-state index < -0.39 is 6.10 Å². The van der Waals surface area contributed by atoms with Crippen molar-refractivity contribution in [3.05, 3.63) is 77.4 Å². The van der Waals surface area contributed by atoms with Gasteiger partial charge < -0.3 is 14.4 Å². The SMILES string of the molecule is O=C(C1COc2ccccc2O1)N1Cc2cnn(Cc3ccc(F)cc3)c2C1. The minimum absolute atomic E-state index is 0.0981. The predicted octanol–water partition coefficient (Wildman–Crippen LogP) is 2.75. The molecular weight excluding hydrogens is 361 g/mol. The van der Waals surface area contributed by atoms with E-state index in [0.717, 1.165) is 16.8 Å². The molecule has 28 heavy (non-hydrogen) atoms. The number of amides is 1. The molecule has 0 radical (unpaired) electrons. The van der Waals surface area contributed by atoms with Crippen molar-refractivity contribution in [3.8, 4) is 11.5 Å². The molecule has 0 spiro atoms. The number of halogens is 1. The second-order valence-corrected chi connectivity index (χ2v) is 6.96. The third-order valence-electron chi connectivity index (χ3n) is 5.08. The standard InChI is InChI=1S/C21H18FN3O3/c22-16-7-5-14(6-8-16)10-25-17-12-24(11-15(17)9-23-25)21(26)20-13-27-18-3-1-2-4-19(18)28-20/h1-9,20H,10-13H2. The molecule has 2 aromatic carbocycles. The summed E-state index contributed by atoms with van der Waals surface area (Å²) in [5.74, 6) is 0.888. The lowest BCUT2D eigenvalue weighted by molar-refractivity contribution is -0.141. The molecule has 1 aromatic heterocycles. The summed E-state index contributed by atoms with van der Waals surface area (Å²) in [7, 11) is 0. The van der Waals surface area contributed by atoms with Crippen LogP contribution in [0, 0.1) is 5.82 Å². The number of para-hydroxylation sites is 2. The highest BCUT2D eigenvalue weighted by molar-refractivity contribution is 5.82. The smallest absolute Gasteiger partial charge is 0.267 e. The van der Waals surface area contributed by atoms with Crippen LogP contribution in [0.5, 0.6) is 11.5 Å². The molecule has 0 fully saturated rings. The van der Waals surface area contributed by atoms with Crippen LogP contribution in [-0.2, 0) is 24.4 Å². The van der Waals surface area contributed by atoms with Crippen molar-refractivity contribution in [2.24, 2.45) is 0 Å². The van der Waals surface area contributed by atoms with Crippen molar-refractivity contribution in [2.45, 2.75) is 25.7 Å². The summed E-state index contributed by atoms with van der Waals surface area (Å²) in [6, 6.07) is 13.7. The molecule has 2 aliphatic heterocycles. The topological polar surface area (TPSA) is 56.6 Å². The average Bonchev–Trinajstić information content (AvgIpc) is 3.31. The Morgan fingerprint density at radius 3 is 2.71 bits per heavy atom. The number of hydrogen-bond donors (Lipinski definition) is 0. The number of carbonyl (C=O) groups excluding carboxylic acids is 1. The molecule has 0 aliphatic carbocycles. The molecule has 7 heteroatoms. The fourth-order valence-corrected chi connectivity index (χ4v) is 3.61. The van der Waals surface area contributed by atoms with E-state index in [9.17, 15) is 9.18 Å². The summed E-state index contributed by atoms with van der Waals surface area (Å²) in [5.41, 5.74) is 2.97. The van der Waals surface area contributed by atoms with E-state index in [-0.39, 0.29) is 18.3 Å². The van der Waals surface area contributed by atoms with Crippen LogP contribution >= 0.6 is 0 Å². The van der Waals surface area contributed by atoms with Gasteiger partial charge in [0.25, 0.3) is 5.91 Å². The molecule has 0 N–H and O–H groups in total. The molecule has 1 unspecified atom stereocenters. The van der Waals surface area contributed by atoms with Gasteiger partial charge in [0.2, 0.25) is 6.10 Å². The van der Waals surface area contributed by atoms with E-state index in [1.807, 2.05) is 22.9 Å². The van der Waals surface area contributed by atoms with E-state index >= 15 is 0 Å². The number of hydrogen-bond acceptors (Lipinski definition) is 4. The maximum Gasteiger partial charge on any atom is 0.267 e. The van der Waals surface area contributed by atoms with E-state index in [4.69, 9.17) is 9.47 Å². The maximum atomic E-state index is 13.1. The number of nitrogens with zero attached hydrogens (tertiary/aromatic N) is 3. The first kappa shape index (κ1) is 16.8. The molecule has 0 bridgehead atoms. The first-order chi connectivity index (χ1) is 13.7. The van der Waals surface area contributed by atoms with Crippen molar-refractivity contribution < 1.29 is 18.7 Å². The van der Waals surface area contributed by atoms with Gasteiger partial charge in [-0.05, 0) is 29.8 Å². The van der Waals surface area contributed by atoms with E-state index in [1.54, 1.807) is 29.3 Å². The highest BCUT2D eigenvalue weighted by atomic mass is 19.1. The second kappa shape index (κ2) is 6.67. The van der Waals surface area contributed by atoms with Gasteiger partial charge in [0.05, 0.1) is 25.0 Å². The Labute approximate surface area is 161 Å². The minimum Gasteiger partial charge on any atom is -0.485 e. The lowest BCUT2D eigenvalue weighted by Crippen LogP contribution is -2.44. The lowest BCUT2D eigenvalue weighted by Gasteiger charge is -2.28. The number of rotatable bonds is 3. The molecule has 6 nitrogen and oxygen atoms in total. The van der Waals surface area contributed by atoms with Crippen LogP contribution in [0.2, 0.25) is 0 Å². The first-order valence-corrected chi connectivity index (χ1v) is 9.12. The van der Waals surface area contributed by atoms with Gasteiger partial charge in [0, 0.05) is 12.1 Å². The summed E-state index contributed by atoms with van der Waals surface area (Å²) in [5, 5.41) is 4.42. The number of benzene rings is 2. The summed E-state index contributed by atoms with van der Waals surface area (Å²) in [4.78, 5) is 14.7. The van der Waals surface area contributed by atoms with Crippen LogP contribution in [0.1, 0.15) is 16.8 Å². The van der Waals surface area contributed by atoms with Crippen molar-refractivity contribution >= 4 is 5.91 Å². The van der Waals surface area contributed by atoms with Gasteiger partial charge in [0.1, 0.15) is 12.4 Å². The van der Waals surface area contributed by atoms with Gasteiger partial charge in [-0.3, -0.25) is 9.48 Å². The molecule has 0 saturated carbocycles. The largest absolute Gasteiger partial charge is 0.485 e. The number of ether oxygens (including phenoxy) is 2. The van der Waals surface area contributed by atoms with Crippen LogP contribution in [-0.4, -0.2) is 33.3 Å². The van der Waals surface area contributed by atoms with Crippen LogP contribution in [0.15, 0.2) is 54.7 Å². The van der Waals surface area contributed by atoms with Crippen LogP contribution < -0.4 is 9.47 Å². The van der Waals surface area contributed by atoms with E-state index in [2.05, 4.69) is 5.10 Å². The van der Waals surface area contributed by atoms with Crippen molar-refractivity contribution in [3.63, 3.8) is 0 Å². The minimum atomic E-state index is -0.655. The molecule has 142 valence electrons. The fourth-order valence-electron chi connectivity index (χ4n) is 3.61. The first-order valence-electron chi connectivity index (χ1n) is 9.12. The van der Waals surface area contributed by atoms with Gasteiger partial charge in [0.15, 0.2) is 11.5 Å². The normalized spacial score (nSPS) is 17.5. The number of carbonyl (C=O) groups is 1. The zero-order valence-corrected chi connectivity index (χ0v) is 15.0. The van der Waals surface area contributed by atoms with E-state index in [0.29, 0.717) is 31.1 Å². The van der Waals surface area contributed by atoms with Gasteiger partial charge in [-0.2, -0.15) is 5.10 Å². The molecule has 3 aromatic rings. The quantitative estimate of drug-likeness (QED) is 0.702. The van der Waals surface area contributed by atoms with Crippen LogP contribution in [0.3, 0.4) is 0 Å². The molecule has 1 amide bonds. The number of fused-ring (bicyclic) bond motifs is 2. The van der Waals surface area contributed by atoms with Gasteiger partial charge in [-0.1, -0.05) is 24.3 Å². The maximum absolute atomic E-state index is 13.1. The Kier molecular flexibility index (Phi) is 4.00. The Hall–Kier alpha value is -3.35. The van der Waals surface area contributed by atoms with Crippen molar-refractivity contribution in [1.29, 1.82) is 0 Å². The Bertz CT molecular complexity index is 1030. The van der Waals surface area contributed by atoms with Gasteiger partial charge in [-0.15, -0.1) is 0 Å². The highest BCUT2D eigenvalue weighted by Gasteiger charge is 2.35. The average molecular weight is 379 g/mol. The van der Waals surface area contributed by atoms with E-state index in [1.165, 1.54) is 12.1 Å². The molecule has 2 aliphatic rings. The summed E-state index contributed by atoms with van der Waals surface area (Å²) in [6.45, 7) is 1.70. The molecular formula is C21H18FN3O3. The number of aromatic nitrogens is 2. The Morgan fingerprint density at radius 1 is 1.11 bits per heavy atom. The van der Waals surface area contributed by atoms with Crippen molar-refractivity contribution in [1.82, 2.24) is 14.7 Å². The molecule has 1 atom stereocenters. The predicted molar refractivity (Wildman–Crippen MR) is 98.3 cm³/mol. The zero-order valence-electron chi connectivity index (χ0n) is 15.0. The molecule has 0 saturated heterocycles. The Balaban J connectivity index is 1.29. The summed E-state index contributed by atoms with van der Waals surface area (Å²) in [6.07, 6.45) is 1.14. The monoisotopic (exact) mass is 379 g/mol. The summed E-state index contributed by atoms with van der Waals surface area (Å²) < 4.78 is 26.5. The zero-order chi connectivity index (χ0) is 19.1. The van der Waals surface area contributed by atoms with Gasteiger partial charge >= 0.3 is 0 Å².